The van der Waals surface area contributed by atoms with Gasteiger partial charge < -0.3 is 5.11 Å². The normalized spacial score (nSPS) is 11.6. The summed E-state index contributed by atoms with van der Waals surface area (Å²) in [5, 5.41) is 13.6. The van der Waals surface area contributed by atoms with Gasteiger partial charge in [-0.1, -0.05) is 69.2 Å². The zero-order chi connectivity index (χ0) is 23.1. The van der Waals surface area contributed by atoms with Crippen molar-refractivity contribution in [2.45, 2.75) is 64.8 Å². The second-order valence-corrected chi connectivity index (χ2v) is 7.96. The molecule has 1 N–H and O–H groups in total. The Morgan fingerprint density at radius 3 is 2.41 bits per heavy atom. The third-order valence-corrected chi connectivity index (χ3v) is 5.40. The van der Waals surface area contributed by atoms with E-state index in [-0.39, 0.29) is 12.0 Å². The van der Waals surface area contributed by atoms with Gasteiger partial charge in [0, 0.05) is 19.4 Å². The molecule has 170 valence electrons. The number of benzene rings is 2. The van der Waals surface area contributed by atoms with Crippen LogP contribution in [0, 0.1) is 0 Å². The Hall–Kier alpha value is -3.09. The molecular weight excluding hydrogens is 412 g/mol. The number of alkyl halides is 2. The van der Waals surface area contributed by atoms with E-state index in [2.05, 4.69) is 17.0 Å². The molecule has 0 aliphatic carbocycles. The third kappa shape index (κ3) is 5.58. The molecule has 0 amide bonds. The quantitative estimate of drug-likeness (QED) is 0.354. The smallest absolute Gasteiger partial charge is 0.336 e. The molecule has 0 fully saturated rings. The molecule has 0 spiro atoms. The van der Waals surface area contributed by atoms with E-state index in [0.29, 0.717) is 30.8 Å². The minimum absolute atomic E-state index is 0.235. The van der Waals surface area contributed by atoms with Crippen LogP contribution < -0.4 is 0 Å². The fourth-order valence-corrected chi connectivity index (χ4v) is 3.68. The maximum absolute atomic E-state index is 14.4. The average Bonchev–Trinajstić information content (AvgIpc) is 3.18. The molecule has 0 saturated carbocycles. The number of carbonyl (C=O) groups is 1. The number of hydrogen-bond acceptors (Lipinski definition) is 3. The molecule has 2 aromatic carbocycles. The van der Waals surface area contributed by atoms with Crippen LogP contribution in [0.4, 0.5) is 8.78 Å². The van der Waals surface area contributed by atoms with Gasteiger partial charge in [-0.25, -0.2) is 14.5 Å². The van der Waals surface area contributed by atoms with E-state index in [0.717, 1.165) is 30.4 Å². The molecule has 0 aliphatic rings. The van der Waals surface area contributed by atoms with Gasteiger partial charge in [0.05, 0.1) is 5.56 Å². The van der Waals surface area contributed by atoms with E-state index in [4.69, 9.17) is 0 Å². The molecule has 3 aromatic rings. The number of unbranched alkanes of at least 4 members (excludes halogenated alkanes) is 2. The van der Waals surface area contributed by atoms with E-state index in [1.165, 1.54) is 0 Å². The summed E-state index contributed by atoms with van der Waals surface area (Å²) in [6, 6.07) is 14.3. The van der Waals surface area contributed by atoms with E-state index < -0.39 is 17.7 Å². The Morgan fingerprint density at radius 1 is 1.03 bits per heavy atom. The first kappa shape index (κ1) is 23.6. The van der Waals surface area contributed by atoms with Crippen molar-refractivity contribution in [2.75, 3.05) is 0 Å². The van der Waals surface area contributed by atoms with Gasteiger partial charge in [-0.2, -0.15) is 8.78 Å². The molecule has 0 radical (unpaired) electrons. The van der Waals surface area contributed by atoms with Gasteiger partial charge in [-0.3, -0.25) is 0 Å². The van der Waals surface area contributed by atoms with Gasteiger partial charge in [0.25, 0.3) is 0 Å². The molecular formula is C25H29F2N3O2. The average molecular weight is 442 g/mol. The summed E-state index contributed by atoms with van der Waals surface area (Å²) >= 11 is 0. The van der Waals surface area contributed by atoms with Crippen molar-refractivity contribution in [3.8, 4) is 11.1 Å². The van der Waals surface area contributed by atoms with Gasteiger partial charge in [-0.05, 0) is 35.6 Å². The first-order valence-electron chi connectivity index (χ1n) is 11.1. The molecule has 0 atom stereocenters. The molecule has 32 heavy (non-hydrogen) atoms. The molecule has 1 heterocycles. The summed E-state index contributed by atoms with van der Waals surface area (Å²) in [4.78, 5) is 15.7. The van der Waals surface area contributed by atoms with Gasteiger partial charge in [0.1, 0.15) is 5.82 Å². The molecule has 7 heteroatoms. The summed E-state index contributed by atoms with van der Waals surface area (Å²) in [5.41, 5.74) is 2.55. The minimum Gasteiger partial charge on any atom is -0.478 e. The van der Waals surface area contributed by atoms with Gasteiger partial charge >= 0.3 is 11.9 Å². The fourth-order valence-electron chi connectivity index (χ4n) is 3.68. The number of aromatic nitrogens is 3. The summed E-state index contributed by atoms with van der Waals surface area (Å²) in [6.45, 7) is 4.37. The van der Waals surface area contributed by atoms with E-state index in [1.54, 1.807) is 35.9 Å². The second-order valence-electron chi connectivity index (χ2n) is 7.96. The van der Waals surface area contributed by atoms with Crippen molar-refractivity contribution < 1.29 is 18.7 Å². The molecule has 0 bridgehead atoms. The Labute approximate surface area is 187 Å². The fraction of sp³-hybridized carbons (Fsp3) is 0.400. The summed E-state index contributed by atoms with van der Waals surface area (Å²) in [6.07, 6.45) is 3.34. The first-order valence-corrected chi connectivity index (χ1v) is 11.1. The number of hydrogen-bond donors (Lipinski definition) is 1. The van der Waals surface area contributed by atoms with Crippen LogP contribution in [0.1, 0.15) is 73.5 Å². The second kappa shape index (κ2) is 10.5. The van der Waals surface area contributed by atoms with Crippen molar-refractivity contribution in [3.05, 3.63) is 71.3 Å². The van der Waals surface area contributed by atoms with Crippen LogP contribution in [0.3, 0.4) is 0 Å². The Balaban J connectivity index is 1.86. The number of halogens is 2. The van der Waals surface area contributed by atoms with Crippen LogP contribution in [0.15, 0.2) is 48.5 Å². The molecule has 5 nitrogen and oxygen atoms in total. The summed E-state index contributed by atoms with van der Waals surface area (Å²) < 4.78 is 30.5. The van der Waals surface area contributed by atoms with Crippen LogP contribution in [0.5, 0.6) is 0 Å². The Morgan fingerprint density at radius 2 is 1.75 bits per heavy atom. The maximum Gasteiger partial charge on any atom is 0.336 e. The van der Waals surface area contributed by atoms with E-state index in [9.17, 15) is 18.7 Å². The summed E-state index contributed by atoms with van der Waals surface area (Å²) in [7, 11) is 0. The monoisotopic (exact) mass is 441 g/mol. The van der Waals surface area contributed by atoms with Crippen LogP contribution in [0.25, 0.3) is 11.1 Å². The summed E-state index contributed by atoms with van der Waals surface area (Å²) in [5.74, 6) is -3.90. The van der Waals surface area contributed by atoms with Crippen molar-refractivity contribution in [3.63, 3.8) is 0 Å². The number of carboxylic acid groups (broad SMARTS) is 1. The highest BCUT2D eigenvalue weighted by molar-refractivity contribution is 5.95. The van der Waals surface area contributed by atoms with Crippen molar-refractivity contribution >= 4 is 5.97 Å². The number of aryl methyl sites for hydroxylation is 1. The van der Waals surface area contributed by atoms with E-state index >= 15 is 0 Å². The Bertz CT molecular complexity index is 1050. The molecule has 0 aliphatic heterocycles. The SMILES string of the molecule is CCCCCn1nc(C(F)(F)CCC)nc1Cc1ccc(-c2ccccc2C(=O)O)cc1. The third-order valence-electron chi connectivity index (χ3n) is 5.40. The highest BCUT2D eigenvalue weighted by Gasteiger charge is 2.36. The zero-order valence-electron chi connectivity index (χ0n) is 18.5. The minimum atomic E-state index is -3.04. The van der Waals surface area contributed by atoms with Crippen molar-refractivity contribution in [1.29, 1.82) is 0 Å². The standard InChI is InChI=1S/C25H29F2N3O2/c1-3-5-8-16-30-22(28-24(29-30)25(26,27)15-4-2)17-18-11-13-19(14-12-18)20-9-6-7-10-21(20)23(31)32/h6-7,9-14H,3-5,8,15-17H2,1-2H3,(H,31,32). The highest BCUT2D eigenvalue weighted by atomic mass is 19.3. The van der Waals surface area contributed by atoms with Crippen LogP contribution >= 0.6 is 0 Å². The van der Waals surface area contributed by atoms with Gasteiger partial charge in [0.2, 0.25) is 5.82 Å². The number of nitrogens with zero attached hydrogens (tertiary/aromatic N) is 3. The highest BCUT2D eigenvalue weighted by Crippen LogP contribution is 2.31. The molecule has 1 aromatic heterocycles. The predicted molar refractivity (Wildman–Crippen MR) is 120 cm³/mol. The van der Waals surface area contributed by atoms with Crippen LogP contribution in [-0.2, 0) is 18.9 Å². The lowest BCUT2D eigenvalue weighted by Crippen LogP contribution is -2.15. The van der Waals surface area contributed by atoms with Crippen molar-refractivity contribution in [1.82, 2.24) is 14.8 Å². The van der Waals surface area contributed by atoms with Gasteiger partial charge in [-0.15, -0.1) is 5.10 Å². The lowest BCUT2D eigenvalue weighted by molar-refractivity contribution is -0.0232. The molecule has 3 rings (SSSR count). The Kier molecular flexibility index (Phi) is 7.72. The topological polar surface area (TPSA) is 68.0 Å². The zero-order valence-corrected chi connectivity index (χ0v) is 18.5. The molecule has 0 saturated heterocycles. The predicted octanol–water partition coefficient (Wildman–Crippen LogP) is 6.32. The largest absolute Gasteiger partial charge is 0.478 e. The lowest BCUT2D eigenvalue weighted by Gasteiger charge is -2.10. The lowest BCUT2D eigenvalue weighted by atomic mass is 9.98. The number of carboxylic acids is 1. The number of rotatable bonds is 11. The van der Waals surface area contributed by atoms with Crippen LogP contribution in [-0.4, -0.2) is 25.8 Å². The molecule has 0 unspecified atom stereocenters. The first-order chi connectivity index (χ1) is 15.4. The maximum atomic E-state index is 14.4. The number of aromatic carboxylic acids is 1. The van der Waals surface area contributed by atoms with Crippen LogP contribution in [0.2, 0.25) is 0 Å². The van der Waals surface area contributed by atoms with E-state index in [1.807, 2.05) is 24.3 Å². The van der Waals surface area contributed by atoms with Gasteiger partial charge in [0.15, 0.2) is 0 Å². The van der Waals surface area contributed by atoms with Crippen molar-refractivity contribution in [2.24, 2.45) is 0 Å².